The van der Waals surface area contributed by atoms with Crippen molar-refractivity contribution < 1.29 is 4.74 Å². The Morgan fingerprint density at radius 3 is 1.79 bits per heavy atom. The van der Waals surface area contributed by atoms with E-state index in [0.717, 1.165) is 40.5 Å². The van der Waals surface area contributed by atoms with Gasteiger partial charge in [-0.1, -0.05) is 69.4 Å². The minimum absolute atomic E-state index is 0.694. The van der Waals surface area contributed by atoms with E-state index in [1.807, 2.05) is 31.2 Å². The fourth-order valence-corrected chi connectivity index (χ4v) is 6.34. The number of unbranched alkanes of at least 4 members (excludes halogenated alkanes) is 2. The highest BCUT2D eigenvalue weighted by atomic mass is 16.5. The number of hydrogen-bond acceptors (Lipinski definition) is 1. The van der Waals surface area contributed by atoms with Crippen LogP contribution in [0.1, 0.15) is 114 Å². The van der Waals surface area contributed by atoms with Crippen molar-refractivity contribution in [2.75, 3.05) is 6.61 Å². The summed E-state index contributed by atoms with van der Waals surface area (Å²) < 4.78 is 5.51. The van der Waals surface area contributed by atoms with E-state index < -0.39 is 0 Å². The molecule has 182 valence electrons. The molecule has 0 spiro atoms. The maximum atomic E-state index is 5.51. The molecule has 2 aliphatic rings. The van der Waals surface area contributed by atoms with Crippen molar-refractivity contribution >= 4 is 0 Å². The predicted octanol–water partition coefficient (Wildman–Crippen LogP) is 9.15. The van der Waals surface area contributed by atoms with Crippen LogP contribution in [-0.4, -0.2) is 6.61 Å². The summed E-state index contributed by atoms with van der Waals surface area (Å²) in [6, 6.07) is 17.1. The molecule has 0 bridgehead atoms. The molecule has 2 aliphatic carbocycles. The first-order valence-corrected chi connectivity index (χ1v) is 14.1. The Morgan fingerprint density at radius 1 is 0.676 bits per heavy atom. The van der Waals surface area contributed by atoms with Crippen molar-refractivity contribution in [2.45, 2.75) is 96.8 Å². The minimum atomic E-state index is 0.694. The van der Waals surface area contributed by atoms with Crippen molar-refractivity contribution in [1.29, 1.82) is 0 Å². The molecule has 1 heteroatoms. The van der Waals surface area contributed by atoms with Gasteiger partial charge in [0.25, 0.3) is 0 Å². The van der Waals surface area contributed by atoms with Crippen molar-refractivity contribution in [3.05, 3.63) is 65.2 Å². The van der Waals surface area contributed by atoms with E-state index in [2.05, 4.69) is 43.0 Å². The molecule has 2 fully saturated rings. The lowest BCUT2D eigenvalue weighted by Crippen LogP contribution is -2.25. The Balaban J connectivity index is 1.22. The Hall–Kier alpha value is -2.20. The number of rotatable bonds is 8. The summed E-state index contributed by atoms with van der Waals surface area (Å²) in [4.78, 5) is 0. The number of benzene rings is 2. The summed E-state index contributed by atoms with van der Waals surface area (Å²) in [5, 5.41) is 0. The Labute approximate surface area is 208 Å². The molecule has 0 atom stereocenters. The summed E-state index contributed by atoms with van der Waals surface area (Å²) in [5.74, 6) is 11.3. The average molecular weight is 457 g/mol. The zero-order valence-electron chi connectivity index (χ0n) is 21.5. The van der Waals surface area contributed by atoms with Gasteiger partial charge in [-0.2, -0.15) is 0 Å². The second-order valence-electron chi connectivity index (χ2n) is 10.7. The van der Waals surface area contributed by atoms with Gasteiger partial charge in [0.2, 0.25) is 0 Å². The van der Waals surface area contributed by atoms with E-state index in [9.17, 15) is 0 Å². The van der Waals surface area contributed by atoms with Crippen molar-refractivity contribution in [2.24, 2.45) is 17.8 Å². The highest BCUT2D eigenvalue weighted by Gasteiger charge is 2.31. The Bertz CT molecular complexity index is 898. The van der Waals surface area contributed by atoms with E-state index in [1.54, 1.807) is 0 Å². The van der Waals surface area contributed by atoms with E-state index in [1.165, 1.54) is 82.6 Å². The van der Waals surface area contributed by atoms with Crippen LogP contribution in [0.2, 0.25) is 0 Å². The third kappa shape index (κ3) is 7.15. The molecule has 2 saturated carbocycles. The van der Waals surface area contributed by atoms with Gasteiger partial charge < -0.3 is 4.74 Å². The monoisotopic (exact) mass is 456 g/mol. The van der Waals surface area contributed by atoms with Gasteiger partial charge in [-0.15, -0.1) is 0 Å². The lowest BCUT2D eigenvalue weighted by atomic mass is 9.68. The first-order chi connectivity index (χ1) is 16.7. The molecule has 0 aliphatic heterocycles. The van der Waals surface area contributed by atoms with E-state index in [0.29, 0.717) is 6.61 Å². The van der Waals surface area contributed by atoms with Crippen molar-refractivity contribution in [3.63, 3.8) is 0 Å². The summed E-state index contributed by atoms with van der Waals surface area (Å²) in [6.07, 6.45) is 17.4. The second-order valence-corrected chi connectivity index (χ2v) is 10.7. The molecule has 0 radical (unpaired) electrons. The van der Waals surface area contributed by atoms with Gasteiger partial charge in [0.15, 0.2) is 0 Å². The zero-order valence-corrected chi connectivity index (χ0v) is 21.5. The van der Waals surface area contributed by atoms with E-state index in [-0.39, 0.29) is 0 Å². The van der Waals surface area contributed by atoms with Crippen molar-refractivity contribution in [1.82, 2.24) is 0 Å². The average Bonchev–Trinajstić information content (AvgIpc) is 2.89. The summed E-state index contributed by atoms with van der Waals surface area (Å²) in [6.45, 7) is 5.02. The van der Waals surface area contributed by atoms with Crippen LogP contribution in [0, 0.1) is 29.6 Å². The van der Waals surface area contributed by atoms with Gasteiger partial charge in [0.1, 0.15) is 5.75 Å². The summed E-state index contributed by atoms with van der Waals surface area (Å²) >= 11 is 0. The molecular weight excluding hydrogens is 412 g/mol. The lowest BCUT2D eigenvalue weighted by molar-refractivity contribution is 0.155. The fourth-order valence-electron chi connectivity index (χ4n) is 6.34. The predicted molar refractivity (Wildman–Crippen MR) is 144 cm³/mol. The fraction of sp³-hybridized carbons (Fsp3) is 0.576. The Kier molecular flexibility index (Phi) is 9.55. The summed E-state index contributed by atoms with van der Waals surface area (Å²) in [5.41, 5.74) is 3.65. The topological polar surface area (TPSA) is 9.23 Å². The van der Waals surface area contributed by atoms with Gasteiger partial charge in [-0.25, -0.2) is 0 Å². The molecule has 0 saturated heterocycles. The molecule has 2 aromatic rings. The third-order valence-electron chi connectivity index (χ3n) is 8.44. The first kappa shape index (κ1) is 24.9. The smallest absolute Gasteiger partial charge is 0.119 e. The highest BCUT2D eigenvalue weighted by molar-refractivity contribution is 5.45. The highest BCUT2D eigenvalue weighted by Crippen LogP contribution is 2.44. The number of hydrogen-bond donors (Lipinski definition) is 0. The molecule has 0 amide bonds. The van der Waals surface area contributed by atoms with Crippen LogP contribution >= 0.6 is 0 Å². The molecule has 0 heterocycles. The largest absolute Gasteiger partial charge is 0.494 e. The molecular formula is C33H44O. The normalized spacial score (nSPS) is 24.8. The first-order valence-electron chi connectivity index (χ1n) is 14.1. The van der Waals surface area contributed by atoms with Gasteiger partial charge in [0.05, 0.1) is 6.61 Å². The Morgan fingerprint density at radius 2 is 1.24 bits per heavy atom. The van der Waals surface area contributed by atoms with Gasteiger partial charge in [-0.05, 0) is 111 Å². The number of ether oxygens (including phenoxy) is 1. The molecule has 0 unspecified atom stereocenters. The molecule has 2 aromatic carbocycles. The molecule has 34 heavy (non-hydrogen) atoms. The SMILES string of the molecule is CCCCCC1CCC(C2CCC(c3ccc(C#Cc4ccc(OCC)cc4)cc3)CC2)CC1. The van der Waals surface area contributed by atoms with Crippen LogP contribution in [0.4, 0.5) is 0 Å². The van der Waals surface area contributed by atoms with Crippen LogP contribution in [0.3, 0.4) is 0 Å². The van der Waals surface area contributed by atoms with Gasteiger partial charge in [0, 0.05) is 11.1 Å². The quantitative estimate of drug-likeness (QED) is 0.284. The summed E-state index contributed by atoms with van der Waals surface area (Å²) in [7, 11) is 0. The lowest BCUT2D eigenvalue weighted by Gasteiger charge is -2.38. The van der Waals surface area contributed by atoms with Crippen LogP contribution in [0.25, 0.3) is 0 Å². The van der Waals surface area contributed by atoms with Gasteiger partial charge in [-0.3, -0.25) is 0 Å². The standard InChI is InChI=1S/C33H44O/c1-3-5-6-7-26-10-16-29(17-11-26)31-20-22-32(23-21-31)30-18-12-27(13-19-30)8-9-28-14-24-33(25-15-28)34-4-2/h12-15,18-19,24-26,29,31-32H,3-7,10-11,16-17,20-23H2,1-2H3. The zero-order chi connectivity index (χ0) is 23.6. The molecule has 4 rings (SSSR count). The van der Waals surface area contributed by atoms with Crippen LogP contribution in [0.15, 0.2) is 48.5 Å². The van der Waals surface area contributed by atoms with Crippen LogP contribution in [0.5, 0.6) is 5.75 Å². The molecule has 1 nitrogen and oxygen atoms in total. The molecule has 0 aromatic heterocycles. The third-order valence-corrected chi connectivity index (χ3v) is 8.44. The van der Waals surface area contributed by atoms with Crippen molar-refractivity contribution in [3.8, 4) is 17.6 Å². The maximum absolute atomic E-state index is 5.51. The van der Waals surface area contributed by atoms with Crippen LogP contribution < -0.4 is 4.74 Å². The van der Waals surface area contributed by atoms with E-state index >= 15 is 0 Å². The van der Waals surface area contributed by atoms with E-state index in [4.69, 9.17) is 4.74 Å². The second kappa shape index (κ2) is 13.0. The van der Waals surface area contributed by atoms with Crippen LogP contribution in [-0.2, 0) is 0 Å². The minimum Gasteiger partial charge on any atom is -0.494 e. The maximum Gasteiger partial charge on any atom is 0.119 e. The van der Waals surface area contributed by atoms with Gasteiger partial charge >= 0.3 is 0 Å². The molecule has 0 N–H and O–H groups in total.